The number of pyridine rings is 4. The second-order valence-electron chi connectivity index (χ2n) is 14.0. The van der Waals surface area contributed by atoms with Crippen molar-refractivity contribution in [3.8, 4) is 22.5 Å². The number of hydrogen-bond acceptors (Lipinski definition) is 5. The molecule has 280 valence electrons. The summed E-state index contributed by atoms with van der Waals surface area (Å²) in [6.45, 7) is 1.96. The zero-order chi connectivity index (χ0) is 37.9. The Kier molecular flexibility index (Phi) is 13.2. The van der Waals surface area contributed by atoms with E-state index in [2.05, 4.69) is 92.7 Å². The van der Waals surface area contributed by atoms with E-state index in [0.717, 1.165) is 83.1 Å². The van der Waals surface area contributed by atoms with Gasteiger partial charge in [-0.25, -0.2) is 4.98 Å². The number of furan rings is 1. The number of aryl methyl sites for hydroxylation is 7. The molecule has 5 heterocycles. The molecule has 0 spiro atoms. The first-order valence-corrected chi connectivity index (χ1v) is 19.1. The van der Waals surface area contributed by atoms with Gasteiger partial charge in [-0.05, 0) is 96.8 Å². The molecule has 0 aliphatic heterocycles. The number of benzene rings is 4. The maximum atomic E-state index is 5.93. The van der Waals surface area contributed by atoms with Gasteiger partial charge in [0.2, 0.25) is 5.71 Å². The van der Waals surface area contributed by atoms with Gasteiger partial charge in [-0.3, -0.25) is 4.98 Å². The minimum Gasteiger partial charge on any atom is -0.445 e. The Labute approximate surface area is 348 Å². The van der Waals surface area contributed by atoms with Crippen LogP contribution in [0.2, 0.25) is 0 Å². The fourth-order valence-electron chi connectivity index (χ4n) is 6.96. The smallest absolute Gasteiger partial charge is 0.445 e. The predicted molar refractivity (Wildman–Crippen MR) is 225 cm³/mol. The maximum absolute atomic E-state index is 5.93. The predicted octanol–water partition coefficient (Wildman–Crippen LogP) is 11.2. The summed E-state index contributed by atoms with van der Waals surface area (Å²) in [5.74, 6) is 0. The largest absolute Gasteiger partial charge is 3.00 e. The average molecular weight is 918 g/mol. The summed E-state index contributed by atoms with van der Waals surface area (Å²) in [7, 11) is 0. The van der Waals surface area contributed by atoms with Crippen molar-refractivity contribution in [1.82, 2.24) is 19.9 Å². The van der Waals surface area contributed by atoms with E-state index in [1.807, 2.05) is 104 Å². The van der Waals surface area contributed by atoms with Crippen molar-refractivity contribution in [2.45, 2.75) is 45.4 Å². The molecular formula is C51H41IrN4O. The van der Waals surface area contributed by atoms with E-state index in [9.17, 15) is 0 Å². The van der Waals surface area contributed by atoms with E-state index in [-0.39, 0.29) is 20.1 Å². The van der Waals surface area contributed by atoms with Gasteiger partial charge in [-0.1, -0.05) is 42.8 Å². The first-order valence-electron chi connectivity index (χ1n) is 19.1. The molecule has 57 heavy (non-hydrogen) atoms. The number of fused-ring (bicyclic) bond motifs is 3. The molecule has 5 nitrogen and oxygen atoms in total. The van der Waals surface area contributed by atoms with Crippen LogP contribution >= 0.6 is 0 Å². The zero-order valence-corrected chi connectivity index (χ0v) is 34.2. The van der Waals surface area contributed by atoms with E-state index in [0.29, 0.717) is 5.71 Å². The minimum atomic E-state index is 0. The molecule has 0 N–H and O–H groups in total. The Morgan fingerprint density at radius 2 is 1.23 bits per heavy atom. The maximum Gasteiger partial charge on any atom is 3.00 e. The van der Waals surface area contributed by atoms with E-state index in [4.69, 9.17) is 4.42 Å². The quantitative estimate of drug-likeness (QED) is 0.121. The first kappa shape index (κ1) is 39.2. The topological polar surface area (TPSA) is 64.7 Å². The van der Waals surface area contributed by atoms with E-state index >= 15 is 0 Å². The third-order valence-corrected chi connectivity index (χ3v) is 9.88. The molecule has 0 saturated carbocycles. The number of hydrogen-bond donors (Lipinski definition) is 0. The third kappa shape index (κ3) is 10.2. The molecule has 6 heteroatoms. The molecule has 5 aromatic heterocycles. The molecule has 0 aliphatic rings. The minimum absolute atomic E-state index is 0. The summed E-state index contributed by atoms with van der Waals surface area (Å²) in [5.41, 5.74) is 14.2. The molecule has 0 atom stereocenters. The Morgan fingerprint density at radius 1 is 0.544 bits per heavy atom. The van der Waals surface area contributed by atoms with Gasteiger partial charge >= 0.3 is 20.1 Å². The Hall–Kier alpha value is -6.07. The van der Waals surface area contributed by atoms with Gasteiger partial charge in [0, 0.05) is 46.9 Å². The van der Waals surface area contributed by atoms with Gasteiger partial charge < -0.3 is 14.4 Å². The molecular weight excluding hydrogens is 877 g/mol. The molecule has 9 aromatic rings. The Morgan fingerprint density at radius 3 is 1.86 bits per heavy atom. The number of aromatic nitrogens is 4. The van der Waals surface area contributed by atoms with E-state index in [1.165, 1.54) is 33.4 Å². The fraction of sp³-hybridized carbons (Fsp3) is 0.137. The summed E-state index contributed by atoms with van der Waals surface area (Å²) in [4.78, 5) is 17.8. The van der Waals surface area contributed by atoms with Crippen molar-refractivity contribution >= 4 is 22.1 Å². The van der Waals surface area contributed by atoms with Crippen LogP contribution in [0.15, 0.2) is 163 Å². The van der Waals surface area contributed by atoms with Gasteiger partial charge in [0.25, 0.3) is 0 Å². The van der Waals surface area contributed by atoms with Gasteiger partial charge in [0.1, 0.15) is 5.58 Å². The molecule has 9 rings (SSSR count). The van der Waals surface area contributed by atoms with Crippen molar-refractivity contribution in [2.75, 3.05) is 0 Å². The van der Waals surface area contributed by atoms with Crippen LogP contribution < -0.4 is 0 Å². The molecule has 0 aliphatic carbocycles. The van der Waals surface area contributed by atoms with Crippen molar-refractivity contribution in [1.29, 1.82) is 0 Å². The first-order chi connectivity index (χ1) is 27.6. The standard InChI is InChI=1S/C34H30N2.C17H11N2O.Ir/c1-3-8-27(9-4-1)13-16-30-22-31(17-14-28-10-7-21-35-25-28)24-32(23-30)18-15-29-19-20-34(36-26-29)33-11-5-2-6-12-33;1-11-7-8-14-13-9-10-18-15(12-5-3-2-4-6-12)16(13)20-17(14)19-11;/h1-3,5-11,19-26H,13-18H2;2-5,7-10H,1H3;/q-2;-1;+3. The van der Waals surface area contributed by atoms with Crippen LogP contribution in [0, 0.1) is 25.1 Å². The molecule has 4 aromatic carbocycles. The van der Waals surface area contributed by atoms with Crippen molar-refractivity contribution in [3.05, 3.63) is 216 Å². The van der Waals surface area contributed by atoms with Crippen LogP contribution in [-0.4, -0.2) is 19.9 Å². The monoisotopic (exact) mass is 918 g/mol. The van der Waals surface area contributed by atoms with Crippen molar-refractivity contribution < 1.29 is 24.5 Å². The summed E-state index contributed by atoms with van der Waals surface area (Å²) < 4.78 is 5.93. The Balaban J connectivity index is 0.000000199. The zero-order valence-electron chi connectivity index (χ0n) is 31.8. The summed E-state index contributed by atoms with van der Waals surface area (Å²) in [5, 5.41) is 2.06. The van der Waals surface area contributed by atoms with Gasteiger partial charge in [-0.15, -0.1) is 71.8 Å². The Bertz CT molecular complexity index is 2570. The van der Waals surface area contributed by atoms with Crippen LogP contribution in [-0.2, 0) is 58.6 Å². The van der Waals surface area contributed by atoms with E-state index < -0.39 is 0 Å². The van der Waals surface area contributed by atoms with Crippen molar-refractivity contribution in [2.24, 2.45) is 0 Å². The number of nitrogens with zero attached hydrogens (tertiary/aromatic N) is 4. The summed E-state index contributed by atoms with van der Waals surface area (Å²) in [6, 6.07) is 55.3. The molecule has 0 radical (unpaired) electrons. The summed E-state index contributed by atoms with van der Waals surface area (Å²) in [6.07, 6.45) is 13.7. The van der Waals surface area contributed by atoms with Gasteiger partial charge in [0.05, 0.1) is 0 Å². The molecule has 0 fully saturated rings. The SMILES string of the molecule is Cc1ccc2c(n1)oc1c(-c3[c-]cccc3)nccc12.[Ir+3].[c-]1cccc(CCc2cc(CCc3cccnc3)cc(CCc3ccc(-c4[c-]cccc4)nc3)c2)c1. The van der Waals surface area contributed by atoms with Crippen LogP contribution in [0.25, 0.3) is 44.6 Å². The molecule has 0 saturated heterocycles. The second kappa shape index (κ2) is 19.2. The molecule has 0 unspecified atom stereocenters. The molecule has 0 amide bonds. The summed E-state index contributed by atoms with van der Waals surface area (Å²) >= 11 is 0. The normalized spacial score (nSPS) is 10.8. The third-order valence-electron chi connectivity index (χ3n) is 9.88. The van der Waals surface area contributed by atoms with Gasteiger partial charge in [0.15, 0.2) is 0 Å². The van der Waals surface area contributed by atoms with Crippen LogP contribution in [0.1, 0.15) is 39.1 Å². The average Bonchev–Trinajstić information content (AvgIpc) is 3.64. The fourth-order valence-corrected chi connectivity index (χ4v) is 6.96. The number of rotatable bonds is 11. The van der Waals surface area contributed by atoms with Gasteiger partial charge in [-0.2, -0.15) is 35.9 Å². The molecule has 0 bridgehead atoms. The van der Waals surface area contributed by atoms with Crippen LogP contribution in [0.4, 0.5) is 0 Å². The second-order valence-corrected chi connectivity index (χ2v) is 14.0. The van der Waals surface area contributed by atoms with Crippen LogP contribution in [0.5, 0.6) is 0 Å². The van der Waals surface area contributed by atoms with Crippen LogP contribution in [0.3, 0.4) is 0 Å². The van der Waals surface area contributed by atoms with Crippen molar-refractivity contribution in [3.63, 3.8) is 0 Å². The van der Waals surface area contributed by atoms with E-state index in [1.54, 1.807) is 6.20 Å².